The minimum absolute atomic E-state index is 0.496. The van der Waals surface area contributed by atoms with Crippen molar-refractivity contribution in [3.8, 4) is 0 Å². The SMILES string of the molecule is Cc1ccc(C(O)Cc2cccc(Br)c2)c2ccccc12. The van der Waals surface area contributed by atoms with Crippen LogP contribution in [-0.4, -0.2) is 5.11 Å². The molecular weight excluding hydrogens is 324 g/mol. The van der Waals surface area contributed by atoms with Crippen molar-refractivity contribution in [3.63, 3.8) is 0 Å². The average Bonchev–Trinajstić information content (AvgIpc) is 2.48. The van der Waals surface area contributed by atoms with Crippen molar-refractivity contribution < 1.29 is 5.11 Å². The van der Waals surface area contributed by atoms with Gasteiger partial charge >= 0.3 is 0 Å². The Bertz CT molecular complexity index is 779. The van der Waals surface area contributed by atoms with Crippen LogP contribution in [0.25, 0.3) is 10.8 Å². The number of benzene rings is 3. The number of aliphatic hydroxyl groups excluding tert-OH is 1. The molecule has 0 aliphatic carbocycles. The molecule has 0 aliphatic rings. The van der Waals surface area contributed by atoms with Crippen molar-refractivity contribution in [2.24, 2.45) is 0 Å². The Balaban J connectivity index is 1.98. The first-order valence-electron chi connectivity index (χ1n) is 7.06. The van der Waals surface area contributed by atoms with Gasteiger partial charge in [-0.1, -0.05) is 64.5 Å². The Morgan fingerprint density at radius 3 is 2.48 bits per heavy atom. The van der Waals surface area contributed by atoms with Crippen molar-refractivity contribution in [2.45, 2.75) is 19.4 Å². The summed E-state index contributed by atoms with van der Waals surface area (Å²) < 4.78 is 1.04. The predicted octanol–water partition coefficient (Wildman–Crippen LogP) is 5.19. The minimum Gasteiger partial charge on any atom is -0.388 e. The molecule has 3 aromatic rings. The number of hydrogen-bond donors (Lipinski definition) is 1. The number of fused-ring (bicyclic) bond motifs is 1. The van der Waals surface area contributed by atoms with Gasteiger partial charge in [0.25, 0.3) is 0 Å². The zero-order chi connectivity index (χ0) is 14.8. The second-order valence-electron chi connectivity index (χ2n) is 5.37. The number of hydrogen-bond acceptors (Lipinski definition) is 1. The van der Waals surface area contributed by atoms with Crippen molar-refractivity contribution in [1.29, 1.82) is 0 Å². The van der Waals surface area contributed by atoms with Gasteiger partial charge in [-0.2, -0.15) is 0 Å². The second-order valence-corrected chi connectivity index (χ2v) is 6.28. The lowest BCUT2D eigenvalue weighted by atomic mass is 9.94. The molecule has 2 heteroatoms. The molecule has 21 heavy (non-hydrogen) atoms. The molecule has 0 amide bonds. The van der Waals surface area contributed by atoms with Crippen LogP contribution < -0.4 is 0 Å². The lowest BCUT2D eigenvalue weighted by molar-refractivity contribution is 0.180. The fourth-order valence-corrected chi connectivity index (χ4v) is 3.21. The lowest BCUT2D eigenvalue weighted by Gasteiger charge is -2.15. The van der Waals surface area contributed by atoms with E-state index in [0.29, 0.717) is 6.42 Å². The summed E-state index contributed by atoms with van der Waals surface area (Å²) in [5.41, 5.74) is 3.36. The van der Waals surface area contributed by atoms with Crippen LogP contribution in [0.4, 0.5) is 0 Å². The van der Waals surface area contributed by atoms with Gasteiger partial charge in [0.2, 0.25) is 0 Å². The van der Waals surface area contributed by atoms with E-state index < -0.39 is 6.10 Å². The van der Waals surface area contributed by atoms with E-state index in [1.807, 2.05) is 36.4 Å². The molecule has 3 aromatic carbocycles. The summed E-state index contributed by atoms with van der Waals surface area (Å²) >= 11 is 3.48. The Hall–Kier alpha value is -1.64. The Kier molecular flexibility index (Phi) is 4.09. The zero-order valence-corrected chi connectivity index (χ0v) is 13.5. The molecule has 3 rings (SSSR count). The van der Waals surface area contributed by atoms with Crippen LogP contribution in [0.2, 0.25) is 0 Å². The van der Waals surface area contributed by atoms with Gasteiger partial charge in [0, 0.05) is 10.9 Å². The molecule has 0 fully saturated rings. The van der Waals surface area contributed by atoms with E-state index in [1.54, 1.807) is 0 Å². The zero-order valence-electron chi connectivity index (χ0n) is 11.9. The van der Waals surface area contributed by atoms with E-state index in [-0.39, 0.29) is 0 Å². The third-order valence-corrected chi connectivity index (χ3v) is 4.35. The summed E-state index contributed by atoms with van der Waals surface area (Å²) in [6, 6.07) is 20.5. The standard InChI is InChI=1S/C19H17BrO/c1-13-9-10-18(17-8-3-2-7-16(13)17)19(21)12-14-5-4-6-15(20)11-14/h2-11,19,21H,12H2,1H3. The molecule has 0 radical (unpaired) electrons. The highest BCUT2D eigenvalue weighted by atomic mass is 79.9. The Morgan fingerprint density at radius 1 is 0.952 bits per heavy atom. The molecule has 0 spiro atoms. The van der Waals surface area contributed by atoms with Crippen LogP contribution in [0.1, 0.15) is 22.8 Å². The maximum absolute atomic E-state index is 10.6. The molecule has 0 saturated carbocycles. The topological polar surface area (TPSA) is 20.2 Å². The number of halogens is 1. The highest BCUT2D eigenvalue weighted by Gasteiger charge is 2.13. The van der Waals surface area contributed by atoms with Gasteiger partial charge in [0.05, 0.1) is 6.10 Å². The maximum atomic E-state index is 10.6. The van der Waals surface area contributed by atoms with Crippen LogP contribution in [0.5, 0.6) is 0 Å². The highest BCUT2D eigenvalue weighted by molar-refractivity contribution is 9.10. The summed E-state index contributed by atoms with van der Waals surface area (Å²) in [6.45, 7) is 2.10. The van der Waals surface area contributed by atoms with Crippen molar-refractivity contribution in [3.05, 3.63) is 81.8 Å². The molecule has 0 aromatic heterocycles. The summed E-state index contributed by atoms with van der Waals surface area (Å²) in [4.78, 5) is 0. The summed E-state index contributed by atoms with van der Waals surface area (Å²) in [6.07, 6.45) is 0.122. The molecule has 1 N–H and O–H groups in total. The fraction of sp³-hybridized carbons (Fsp3) is 0.158. The monoisotopic (exact) mass is 340 g/mol. The second kappa shape index (κ2) is 6.00. The van der Waals surface area contributed by atoms with Crippen LogP contribution in [0.15, 0.2) is 65.1 Å². The molecule has 1 nitrogen and oxygen atoms in total. The third kappa shape index (κ3) is 3.02. The molecule has 1 atom stereocenters. The molecule has 1 unspecified atom stereocenters. The van der Waals surface area contributed by atoms with Crippen LogP contribution in [0, 0.1) is 6.92 Å². The third-order valence-electron chi connectivity index (χ3n) is 3.85. The molecular formula is C19H17BrO. The quantitative estimate of drug-likeness (QED) is 0.695. The molecule has 106 valence electrons. The van der Waals surface area contributed by atoms with E-state index in [9.17, 15) is 5.11 Å². The van der Waals surface area contributed by atoms with E-state index >= 15 is 0 Å². The first-order chi connectivity index (χ1) is 10.1. The molecule has 0 saturated heterocycles. The van der Waals surface area contributed by atoms with Gasteiger partial charge in [-0.15, -0.1) is 0 Å². The smallest absolute Gasteiger partial charge is 0.0836 e. The Morgan fingerprint density at radius 2 is 1.71 bits per heavy atom. The predicted molar refractivity (Wildman–Crippen MR) is 91.5 cm³/mol. The van der Waals surface area contributed by atoms with Crippen molar-refractivity contribution >= 4 is 26.7 Å². The van der Waals surface area contributed by atoms with Gasteiger partial charge < -0.3 is 5.11 Å². The number of aliphatic hydroxyl groups is 1. The maximum Gasteiger partial charge on any atom is 0.0836 e. The van der Waals surface area contributed by atoms with Gasteiger partial charge in [0.15, 0.2) is 0 Å². The minimum atomic E-state index is -0.496. The van der Waals surface area contributed by atoms with Crippen molar-refractivity contribution in [1.82, 2.24) is 0 Å². The fourth-order valence-electron chi connectivity index (χ4n) is 2.76. The molecule has 0 bridgehead atoms. The summed E-state index contributed by atoms with van der Waals surface area (Å²) in [7, 11) is 0. The average molecular weight is 341 g/mol. The van der Waals surface area contributed by atoms with Crippen LogP contribution >= 0.6 is 15.9 Å². The highest BCUT2D eigenvalue weighted by Crippen LogP contribution is 2.29. The van der Waals surface area contributed by atoms with Gasteiger partial charge in [-0.3, -0.25) is 0 Å². The van der Waals surface area contributed by atoms with Gasteiger partial charge in [0.1, 0.15) is 0 Å². The normalized spacial score (nSPS) is 12.5. The Labute approximate surface area is 133 Å². The first kappa shape index (κ1) is 14.3. The van der Waals surface area contributed by atoms with Gasteiger partial charge in [-0.05, 0) is 46.5 Å². The molecule has 0 aliphatic heterocycles. The van der Waals surface area contributed by atoms with E-state index in [4.69, 9.17) is 0 Å². The van der Waals surface area contributed by atoms with E-state index in [0.717, 1.165) is 21.0 Å². The van der Waals surface area contributed by atoms with Crippen molar-refractivity contribution in [2.75, 3.05) is 0 Å². The van der Waals surface area contributed by atoms with Crippen LogP contribution in [-0.2, 0) is 6.42 Å². The largest absolute Gasteiger partial charge is 0.388 e. The van der Waals surface area contributed by atoms with Crippen LogP contribution in [0.3, 0.4) is 0 Å². The first-order valence-corrected chi connectivity index (χ1v) is 7.85. The van der Waals surface area contributed by atoms with E-state index in [2.05, 4.69) is 47.1 Å². The summed E-state index contributed by atoms with van der Waals surface area (Å²) in [5.74, 6) is 0. The number of aryl methyl sites for hydroxylation is 1. The lowest BCUT2D eigenvalue weighted by Crippen LogP contribution is -2.03. The molecule has 0 heterocycles. The summed E-state index contributed by atoms with van der Waals surface area (Å²) in [5, 5.41) is 13.0. The number of rotatable bonds is 3. The van der Waals surface area contributed by atoms with E-state index in [1.165, 1.54) is 10.9 Å². The van der Waals surface area contributed by atoms with Gasteiger partial charge in [-0.25, -0.2) is 0 Å².